The SMILES string of the molecule is COP(=O)(OC)/C(O)=C/c1ccccc1N(C(C)=O)c1c(Cl)cccc1Cl. The van der Waals surface area contributed by atoms with Gasteiger partial charge in [0, 0.05) is 26.7 Å². The molecule has 0 aliphatic carbocycles. The van der Waals surface area contributed by atoms with Gasteiger partial charge in [0.15, 0.2) is 0 Å². The van der Waals surface area contributed by atoms with E-state index in [1.807, 2.05) is 0 Å². The molecule has 27 heavy (non-hydrogen) atoms. The molecular weight excluding hydrogens is 412 g/mol. The molecule has 2 aromatic carbocycles. The zero-order valence-corrected chi connectivity index (χ0v) is 17.3. The number of halogens is 2. The van der Waals surface area contributed by atoms with Gasteiger partial charge in [-0.1, -0.05) is 47.5 Å². The van der Waals surface area contributed by atoms with Gasteiger partial charge in [-0.25, -0.2) is 0 Å². The molecule has 6 nitrogen and oxygen atoms in total. The summed E-state index contributed by atoms with van der Waals surface area (Å²) < 4.78 is 21.9. The van der Waals surface area contributed by atoms with Crippen molar-refractivity contribution >= 4 is 54.2 Å². The quantitative estimate of drug-likeness (QED) is 0.448. The van der Waals surface area contributed by atoms with Crippen molar-refractivity contribution in [2.75, 3.05) is 19.1 Å². The number of nitrogens with zero attached hydrogens (tertiary/aromatic N) is 1. The first-order valence-corrected chi connectivity index (χ1v) is 10.0. The molecule has 0 saturated carbocycles. The average molecular weight is 430 g/mol. The van der Waals surface area contributed by atoms with Crippen LogP contribution in [0.15, 0.2) is 48.0 Å². The van der Waals surface area contributed by atoms with Crippen LogP contribution in [-0.2, 0) is 18.4 Å². The zero-order valence-electron chi connectivity index (χ0n) is 14.8. The van der Waals surface area contributed by atoms with Crippen LogP contribution in [0, 0.1) is 0 Å². The highest BCUT2D eigenvalue weighted by atomic mass is 35.5. The Hall–Kier alpha value is -1.82. The van der Waals surface area contributed by atoms with Gasteiger partial charge in [-0.2, -0.15) is 0 Å². The summed E-state index contributed by atoms with van der Waals surface area (Å²) in [5, 5.41) is 10.8. The maximum Gasteiger partial charge on any atom is 0.394 e. The Morgan fingerprint density at radius 2 is 1.63 bits per heavy atom. The van der Waals surface area contributed by atoms with E-state index in [0.717, 1.165) is 14.2 Å². The van der Waals surface area contributed by atoms with Crippen molar-refractivity contribution in [3.05, 3.63) is 63.6 Å². The normalized spacial score (nSPS) is 12.1. The van der Waals surface area contributed by atoms with Crippen molar-refractivity contribution < 1.29 is 23.5 Å². The molecule has 2 rings (SSSR count). The van der Waals surface area contributed by atoms with Gasteiger partial charge >= 0.3 is 7.60 Å². The highest BCUT2D eigenvalue weighted by Crippen LogP contribution is 2.54. The van der Waals surface area contributed by atoms with Crippen molar-refractivity contribution in [3.8, 4) is 0 Å². The lowest BCUT2D eigenvalue weighted by atomic mass is 10.1. The van der Waals surface area contributed by atoms with Crippen molar-refractivity contribution in [2.24, 2.45) is 0 Å². The van der Waals surface area contributed by atoms with Crippen molar-refractivity contribution in [3.63, 3.8) is 0 Å². The fraction of sp³-hybridized carbons (Fsp3) is 0.167. The Morgan fingerprint density at radius 1 is 1.07 bits per heavy atom. The van der Waals surface area contributed by atoms with E-state index in [1.54, 1.807) is 42.5 Å². The Balaban J connectivity index is 2.68. The third-order valence-corrected chi connectivity index (χ3v) is 5.96. The fourth-order valence-corrected chi connectivity index (χ4v) is 3.83. The van der Waals surface area contributed by atoms with Gasteiger partial charge in [0.2, 0.25) is 11.4 Å². The minimum Gasteiger partial charge on any atom is -0.501 e. The molecule has 0 heterocycles. The molecule has 0 spiro atoms. The highest BCUT2D eigenvalue weighted by molar-refractivity contribution is 7.58. The molecule has 2 aromatic rings. The zero-order chi connectivity index (χ0) is 20.2. The average Bonchev–Trinajstić information content (AvgIpc) is 2.64. The maximum atomic E-state index is 12.4. The van der Waals surface area contributed by atoms with Gasteiger partial charge in [0.05, 0.1) is 21.4 Å². The maximum absolute atomic E-state index is 12.4. The van der Waals surface area contributed by atoms with Crippen LogP contribution in [0.4, 0.5) is 11.4 Å². The number of aliphatic hydroxyl groups is 1. The van der Waals surface area contributed by atoms with E-state index >= 15 is 0 Å². The molecule has 0 radical (unpaired) electrons. The summed E-state index contributed by atoms with van der Waals surface area (Å²) in [5.74, 6) is -0.355. The molecule has 0 bridgehead atoms. The molecule has 0 aliphatic rings. The summed E-state index contributed by atoms with van der Waals surface area (Å²) in [6.07, 6.45) is 1.21. The number of benzene rings is 2. The highest BCUT2D eigenvalue weighted by Gasteiger charge is 2.28. The first-order chi connectivity index (χ1) is 12.7. The molecule has 0 unspecified atom stereocenters. The van der Waals surface area contributed by atoms with E-state index in [1.165, 1.54) is 17.9 Å². The second-order valence-corrected chi connectivity index (χ2v) is 8.35. The minimum atomic E-state index is -3.84. The lowest BCUT2D eigenvalue weighted by Gasteiger charge is -2.25. The molecule has 0 saturated heterocycles. The van der Waals surface area contributed by atoms with Gasteiger partial charge in [0.1, 0.15) is 0 Å². The van der Waals surface area contributed by atoms with Crippen LogP contribution in [0.2, 0.25) is 10.0 Å². The first-order valence-electron chi connectivity index (χ1n) is 7.71. The lowest BCUT2D eigenvalue weighted by molar-refractivity contribution is -0.115. The van der Waals surface area contributed by atoms with E-state index in [4.69, 9.17) is 32.2 Å². The Bertz CT molecular complexity index is 903. The van der Waals surface area contributed by atoms with E-state index in [2.05, 4.69) is 0 Å². The second kappa shape index (κ2) is 8.91. The van der Waals surface area contributed by atoms with Crippen LogP contribution >= 0.6 is 30.8 Å². The van der Waals surface area contributed by atoms with E-state index < -0.39 is 13.1 Å². The summed E-state index contributed by atoms with van der Waals surface area (Å²) in [4.78, 5) is 13.7. The van der Waals surface area contributed by atoms with E-state index in [0.29, 0.717) is 16.9 Å². The summed E-state index contributed by atoms with van der Waals surface area (Å²) in [6.45, 7) is 1.36. The summed E-state index contributed by atoms with van der Waals surface area (Å²) >= 11 is 12.5. The number of aliphatic hydroxyl groups excluding tert-OH is 1. The topological polar surface area (TPSA) is 76.1 Å². The molecular formula is C18H18Cl2NO5P. The standard InChI is InChI=1S/C18H18Cl2NO5P/c1-12(22)21(18-14(19)8-6-9-15(18)20)16-10-5-4-7-13(16)11-17(23)27(24,25-2)26-3/h4-11,23H,1-3H3/b17-11+. The first kappa shape index (κ1) is 21.5. The fourth-order valence-electron chi connectivity index (χ4n) is 2.44. The van der Waals surface area contributed by atoms with Gasteiger partial charge in [-0.3, -0.25) is 14.3 Å². The molecule has 0 aliphatic heterocycles. The molecule has 1 amide bonds. The van der Waals surface area contributed by atoms with Crippen LogP contribution in [0.5, 0.6) is 0 Å². The van der Waals surface area contributed by atoms with Crippen molar-refractivity contribution in [1.29, 1.82) is 0 Å². The molecule has 0 fully saturated rings. The van der Waals surface area contributed by atoms with Gasteiger partial charge in [-0.15, -0.1) is 0 Å². The van der Waals surface area contributed by atoms with Gasteiger partial charge in [0.25, 0.3) is 0 Å². The number of carbonyl (C=O) groups excluding carboxylic acids is 1. The van der Waals surface area contributed by atoms with Crippen LogP contribution in [0.25, 0.3) is 6.08 Å². The van der Waals surface area contributed by atoms with Crippen molar-refractivity contribution in [1.82, 2.24) is 0 Å². The Labute approximate surface area is 167 Å². The largest absolute Gasteiger partial charge is 0.501 e. The predicted molar refractivity (Wildman–Crippen MR) is 108 cm³/mol. The number of rotatable bonds is 6. The number of hydrogen-bond acceptors (Lipinski definition) is 5. The van der Waals surface area contributed by atoms with E-state index in [-0.39, 0.29) is 16.0 Å². The van der Waals surface area contributed by atoms with Crippen molar-refractivity contribution in [2.45, 2.75) is 6.92 Å². The number of carbonyl (C=O) groups is 1. The molecule has 0 atom stereocenters. The third kappa shape index (κ3) is 4.54. The van der Waals surface area contributed by atoms with Gasteiger partial charge < -0.3 is 14.2 Å². The number of amides is 1. The summed E-state index contributed by atoms with van der Waals surface area (Å²) in [5.41, 5.74) is 0.463. The monoisotopic (exact) mass is 429 g/mol. The molecule has 0 aromatic heterocycles. The Kier molecular flexibility index (Phi) is 7.09. The molecule has 9 heteroatoms. The number of hydrogen-bond donors (Lipinski definition) is 1. The third-order valence-electron chi connectivity index (χ3n) is 3.70. The van der Waals surface area contributed by atoms with E-state index in [9.17, 15) is 14.5 Å². The van der Waals surface area contributed by atoms with Crippen LogP contribution in [-0.4, -0.2) is 25.2 Å². The number of para-hydroxylation sites is 2. The summed E-state index contributed by atoms with van der Waals surface area (Å²) in [7, 11) is -1.52. The predicted octanol–water partition coefficient (Wildman–Crippen LogP) is 6.02. The minimum absolute atomic E-state index is 0.278. The van der Waals surface area contributed by atoms with Crippen LogP contribution < -0.4 is 4.90 Å². The van der Waals surface area contributed by atoms with Gasteiger partial charge in [-0.05, 0) is 24.3 Å². The molecule has 144 valence electrons. The van der Waals surface area contributed by atoms with Crippen LogP contribution in [0.1, 0.15) is 12.5 Å². The molecule has 1 N–H and O–H groups in total. The second-order valence-electron chi connectivity index (χ2n) is 5.35. The lowest BCUT2D eigenvalue weighted by Crippen LogP contribution is -2.24. The van der Waals surface area contributed by atoms with Crippen LogP contribution in [0.3, 0.4) is 0 Å². The number of anilines is 2. The summed E-state index contributed by atoms with van der Waals surface area (Å²) in [6, 6.07) is 11.6. The smallest absolute Gasteiger partial charge is 0.394 e. The Morgan fingerprint density at radius 3 is 2.15 bits per heavy atom.